The fourth-order valence-electron chi connectivity index (χ4n) is 1.88. The lowest BCUT2D eigenvalue weighted by Gasteiger charge is -2.28. The molecule has 2 nitrogen and oxygen atoms in total. The Bertz CT molecular complexity index is 355. The van der Waals surface area contributed by atoms with Crippen molar-refractivity contribution in [3.8, 4) is 0 Å². The third-order valence-electron chi connectivity index (χ3n) is 2.33. The number of hydrogen-bond donors (Lipinski definition) is 0. The summed E-state index contributed by atoms with van der Waals surface area (Å²) in [4.78, 5) is 6.76. The molecule has 0 unspecified atom stereocenters. The molecule has 1 rings (SSSR count). The van der Waals surface area contributed by atoms with Crippen molar-refractivity contribution in [2.45, 2.75) is 33.0 Å². The maximum absolute atomic E-state index is 4.53. The van der Waals surface area contributed by atoms with Gasteiger partial charge in [0.15, 0.2) is 0 Å². The number of alkyl halides is 1. The van der Waals surface area contributed by atoms with Crippen molar-refractivity contribution in [3.63, 3.8) is 0 Å². The lowest BCUT2D eigenvalue weighted by molar-refractivity contribution is 0.417. The van der Waals surface area contributed by atoms with Crippen molar-refractivity contribution in [3.05, 3.63) is 23.4 Å². The first kappa shape index (κ1) is 13.5. The molecule has 0 aliphatic carbocycles. The van der Waals surface area contributed by atoms with Gasteiger partial charge in [0.2, 0.25) is 0 Å². The van der Waals surface area contributed by atoms with Crippen LogP contribution in [0.5, 0.6) is 0 Å². The highest BCUT2D eigenvalue weighted by atomic mass is 79.9. The molecule has 1 aromatic heterocycles. The highest BCUT2D eigenvalue weighted by Crippen LogP contribution is 2.22. The fourth-order valence-corrected chi connectivity index (χ4v) is 2.19. The van der Waals surface area contributed by atoms with E-state index in [-0.39, 0.29) is 5.41 Å². The number of halogens is 1. The van der Waals surface area contributed by atoms with Gasteiger partial charge in [0.1, 0.15) is 5.82 Å². The van der Waals surface area contributed by atoms with Crippen LogP contribution in [0.1, 0.15) is 31.9 Å². The summed E-state index contributed by atoms with van der Waals surface area (Å²) in [5.74, 6) is 1.08. The van der Waals surface area contributed by atoms with Gasteiger partial charge >= 0.3 is 0 Å². The quantitative estimate of drug-likeness (QED) is 0.786. The molecular formula is C13H21BrN2. The van der Waals surface area contributed by atoms with E-state index >= 15 is 0 Å². The summed E-state index contributed by atoms with van der Waals surface area (Å²) < 4.78 is 0. The molecule has 16 heavy (non-hydrogen) atoms. The SMILES string of the molecule is Cc1cc(CBr)cnc1N(C)CC(C)(C)C. The molecule has 0 atom stereocenters. The normalized spacial score (nSPS) is 11.6. The Kier molecular flexibility index (Phi) is 4.36. The predicted octanol–water partition coefficient (Wildman–Crippen LogP) is 3.77. The number of hydrogen-bond acceptors (Lipinski definition) is 2. The Morgan fingerprint density at radius 2 is 2.00 bits per heavy atom. The van der Waals surface area contributed by atoms with Crippen LogP contribution in [0, 0.1) is 12.3 Å². The second-order valence-electron chi connectivity index (χ2n) is 5.53. The summed E-state index contributed by atoms with van der Waals surface area (Å²) in [6.07, 6.45) is 1.94. The summed E-state index contributed by atoms with van der Waals surface area (Å²) >= 11 is 3.45. The maximum atomic E-state index is 4.53. The highest BCUT2D eigenvalue weighted by molar-refractivity contribution is 9.08. The molecule has 0 amide bonds. The second-order valence-corrected chi connectivity index (χ2v) is 6.10. The van der Waals surface area contributed by atoms with Crippen molar-refractivity contribution >= 4 is 21.7 Å². The first-order chi connectivity index (χ1) is 7.33. The summed E-state index contributed by atoms with van der Waals surface area (Å²) in [5, 5.41) is 0.865. The van der Waals surface area contributed by atoms with E-state index in [0.717, 1.165) is 17.7 Å². The van der Waals surface area contributed by atoms with E-state index in [9.17, 15) is 0 Å². The van der Waals surface area contributed by atoms with Crippen molar-refractivity contribution < 1.29 is 0 Å². The topological polar surface area (TPSA) is 16.1 Å². The summed E-state index contributed by atoms with van der Waals surface area (Å²) in [6, 6.07) is 2.19. The van der Waals surface area contributed by atoms with Gasteiger partial charge in [-0.25, -0.2) is 4.98 Å². The number of pyridine rings is 1. The molecule has 0 saturated heterocycles. The smallest absolute Gasteiger partial charge is 0.131 e. The molecule has 0 bridgehead atoms. The zero-order valence-corrected chi connectivity index (χ0v) is 12.4. The molecule has 1 heterocycles. The van der Waals surface area contributed by atoms with E-state index in [1.807, 2.05) is 6.20 Å². The highest BCUT2D eigenvalue weighted by Gasteiger charge is 2.15. The number of aryl methyl sites for hydroxylation is 1. The number of rotatable bonds is 3. The van der Waals surface area contributed by atoms with Crippen molar-refractivity contribution in [1.82, 2.24) is 4.98 Å². The van der Waals surface area contributed by atoms with Crippen LogP contribution < -0.4 is 4.90 Å². The van der Waals surface area contributed by atoms with Crippen LogP contribution in [-0.4, -0.2) is 18.6 Å². The van der Waals surface area contributed by atoms with Crippen LogP contribution >= 0.6 is 15.9 Å². The van der Waals surface area contributed by atoms with E-state index in [2.05, 4.69) is 66.6 Å². The largest absolute Gasteiger partial charge is 0.359 e. The summed E-state index contributed by atoms with van der Waals surface area (Å²) in [6.45, 7) is 9.85. The first-order valence-corrected chi connectivity index (χ1v) is 6.68. The molecule has 90 valence electrons. The van der Waals surface area contributed by atoms with Gasteiger partial charge in [-0.3, -0.25) is 0 Å². The lowest BCUT2D eigenvalue weighted by Crippen LogP contribution is -2.30. The Morgan fingerprint density at radius 3 is 2.44 bits per heavy atom. The minimum absolute atomic E-state index is 0.289. The van der Waals surface area contributed by atoms with Crippen LogP contribution in [0.2, 0.25) is 0 Å². The minimum Gasteiger partial charge on any atom is -0.359 e. The molecule has 0 aromatic carbocycles. The Morgan fingerprint density at radius 1 is 1.38 bits per heavy atom. The minimum atomic E-state index is 0.289. The molecule has 0 spiro atoms. The van der Waals surface area contributed by atoms with E-state index in [0.29, 0.717) is 0 Å². The van der Waals surface area contributed by atoms with Crippen molar-refractivity contribution in [1.29, 1.82) is 0 Å². The first-order valence-electron chi connectivity index (χ1n) is 5.56. The average Bonchev–Trinajstić information content (AvgIpc) is 2.14. The van der Waals surface area contributed by atoms with Crippen LogP contribution in [0.15, 0.2) is 12.3 Å². The van der Waals surface area contributed by atoms with Gasteiger partial charge in [0.25, 0.3) is 0 Å². The Balaban J connectivity index is 2.88. The third-order valence-corrected chi connectivity index (χ3v) is 2.98. The molecular weight excluding hydrogens is 264 g/mol. The standard InChI is InChI=1S/C13H21BrN2/c1-10-6-11(7-14)8-15-12(10)16(5)9-13(2,3)4/h6,8H,7,9H2,1-5H3. The van der Waals surface area contributed by atoms with E-state index < -0.39 is 0 Å². The Labute approximate surface area is 107 Å². The average molecular weight is 285 g/mol. The molecule has 3 heteroatoms. The molecule has 0 N–H and O–H groups in total. The van der Waals surface area contributed by atoms with E-state index in [1.165, 1.54) is 11.1 Å². The van der Waals surface area contributed by atoms with Gasteiger partial charge in [-0.15, -0.1) is 0 Å². The van der Waals surface area contributed by atoms with Crippen molar-refractivity contribution in [2.24, 2.45) is 5.41 Å². The molecule has 0 fully saturated rings. The molecule has 0 aliphatic heterocycles. The Hall–Kier alpha value is -0.570. The van der Waals surface area contributed by atoms with Crippen LogP contribution in [0.4, 0.5) is 5.82 Å². The monoisotopic (exact) mass is 284 g/mol. The predicted molar refractivity (Wildman–Crippen MR) is 74.3 cm³/mol. The number of anilines is 1. The summed E-state index contributed by atoms with van der Waals surface area (Å²) in [7, 11) is 2.11. The molecule has 1 aromatic rings. The summed E-state index contributed by atoms with van der Waals surface area (Å²) in [5.41, 5.74) is 2.76. The second kappa shape index (κ2) is 5.17. The van der Waals surface area contributed by atoms with Gasteiger partial charge in [-0.2, -0.15) is 0 Å². The molecule has 0 saturated carbocycles. The van der Waals surface area contributed by atoms with Gasteiger partial charge in [0.05, 0.1) is 0 Å². The maximum Gasteiger partial charge on any atom is 0.131 e. The third kappa shape index (κ3) is 3.78. The van der Waals surface area contributed by atoms with Crippen LogP contribution in [0.3, 0.4) is 0 Å². The van der Waals surface area contributed by atoms with Crippen LogP contribution in [0.25, 0.3) is 0 Å². The molecule has 0 aliphatic rings. The van der Waals surface area contributed by atoms with Crippen LogP contribution in [-0.2, 0) is 5.33 Å². The van der Waals surface area contributed by atoms with Gasteiger partial charge in [-0.1, -0.05) is 42.8 Å². The molecule has 0 radical (unpaired) electrons. The number of nitrogens with zero attached hydrogens (tertiary/aromatic N) is 2. The number of aromatic nitrogens is 1. The van der Waals surface area contributed by atoms with E-state index in [4.69, 9.17) is 0 Å². The van der Waals surface area contributed by atoms with Crippen molar-refractivity contribution in [2.75, 3.05) is 18.5 Å². The van der Waals surface area contributed by atoms with E-state index in [1.54, 1.807) is 0 Å². The van der Waals surface area contributed by atoms with Gasteiger partial charge in [-0.05, 0) is 23.5 Å². The van der Waals surface area contributed by atoms with Gasteiger partial charge in [0, 0.05) is 25.1 Å². The zero-order valence-electron chi connectivity index (χ0n) is 10.8. The fraction of sp³-hybridized carbons (Fsp3) is 0.615. The zero-order chi connectivity index (χ0) is 12.3. The van der Waals surface area contributed by atoms with Gasteiger partial charge < -0.3 is 4.90 Å². The lowest BCUT2D eigenvalue weighted by atomic mass is 9.96.